The number of ether oxygens (including phenoxy) is 1. The zero-order valence-electron chi connectivity index (χ0n) is 19.9. The Bertz CT molecular complexity index is 1290. The van der Waals surface area contributed by atoms with Crippen LogP contribution in [0, 0.1) is 5.82 Å². The predicted octanol–water partition coefficient (Wildman–Crippen LogP) is 5.36. The highest BCUT2D eigenvalue weighted by Crippen LogP contribution is 2.42. The van der Waals surface area contributed by atoms with Crippen LogP contribution in [0.15, 0.2) is 72.6 Å². The Labute approximate surface area is 203 Å². The first-order valence-electron chi connectivity index (χ1n) is 11.5. The molecule has 1 fully saturated rings. The minimum atomic E-state index is -1.08. The van der Waals surface area contributed by atoms with E-state index in [2.05, 4.69) is 4.98 Å². The summed E-state index contributed by atoms with van der Waals surface area (Å²) in [6.07, 6.45) is 3.16. The summed E-state index contributed by atoms with van der Waals surface area (Å²) < 4.78 is 20.7. The summed E-state index contributed by atoms with van der Waals surface area (Å²) in [5.41, 5.74) is 1.93. The molecule has 1 saturated heterocycles. The second-order valence-corrected chi connectivity index (χ2v) is 8.64. The van der Waals surface area contributed by atoms with E-state index in [0.717, 1.165) is 11.1 Å². The van der Waals surface area contributed by atoms with Crippen molar-refractivity contribution >= 4 is 17.4 Å². The van der Waals surface area contributed by atoms with Crippen molar-refractivity contribution in [2.45, 2.75) is 39.3 Å². The van der Waals surface area contributed by atoms with Gasteiger partial charge in [0.25, 0.3) is 11.7 Å². The third kappa shape index (κ3) is 4.67. The highest BCUT2D eigenvalue weighted by atomic mass is 19.1. The van der Waals surface area contributed by atoms with Gasteiger partial charge in [-0.15, -0.1) is 0 Å². The number of aliphatic hydroxyl groups excluding tert-OH is 1. The van der Waals surface area contributed by atoms with Crippen LogP contribution in [0.3, 0.4) is 0 Å². The topological polar surface area (TPSA) is 79.7 Å². The average molecular weight is 475 g/mol. The maximum Gasteiger partial charge on any atom is 0.295 e. The molecule has 1 aliphatic rings. The van der Waals surface area contributed by atoms with E-state index in [1.165, 1.54) is 23.1 Å². The van der Waals surface area contributed by atoms with Gasteiger partial charge in [-0.3, -0.25) is 14.6 Å². The number of benzene rings is 2. The number of aromatic nitrogens is 1. The Kier molecular flexibility index (Phi) is 6.96. The summed E-state index contributed by atoms with van der Waals surface area (Å²) in [6.45, 7) is 6.42. The third-order valence-electron chi connectivity index (χ3n) is 6.05. The molecule has 1 aromatic heterocycles. The number of Topliss-reactive ketones (excluding diaryl/α,β-unsaturated/α-hetero) is 1. The number of carbonyl (C=O) groups is 2. The van der Waals surface area contributed by atoms with Crippen LogP contribution in [0.4, 0.5) is 4.39 Å². The molecular weight excluding hydrogens is 447 g/mol. The molecule has 0 radical (unpaired) electrons. The number of halogens is 1. The summed E-state index contributed by atoms with van der Waals surface area (Å²) in [5.74, 6) is -1.81. The van der Waals surface area contributed by atoms with Gasteiger partial charge in [0, 0.05) is 30.1 Å². The van der Waals surface area contributed by atoms with Gasteiger partial charge >= 0.3 is 0 Å². The van der Waals surface area contributed by atoms with Crippen molar-refractivity contribution in [2.75, 3.05) is 6.61 Å². The lowest BCUT2D eigenvalue weighted by Gasteiger charge is -2.25. The molecular formula is C28H27FN2O4. The Morgan fingerprint density at radius 1 is 1.11 bits per heavy atom. The Balaban J connectivity index is 1.88. The van der Waals surface area contributed by atoms with Gasteiger partial charge in [0.15, 0.2) is 0 Å². The molecule has 4 rings (SSSR count). The van der Waals surface area contributed by atoms with E-state index in [-0.39, 0.29) is 29.4 Å². The van der Waals surface area contributed by atoms with Gasteiger partial charge in [0.05, 0.1) is 18.2 Å². The number of amides is 1. The van der Waals surface area contributed by atoms with Crippen molar-refractivity contribution in [3.8, 4) is 5.75 Å². The number of carbonyl (C=O) groups excluding carboxylic acids is 2. The molecule has 3 aromatic rings. The van der Waals surface area contributed by atoms with Crippen LogP contribution < -0.4 is 4.74 Å². The lowest BCUT2D eigenvalue weighted by atomic mass is 9.93. The van der Waals surface area contributed by atoms with Crippen molar-refractivity contribution in [2.24, 2.45) is 0 Å². The van der Waals surface area contributed by atoms with Crippen molar-refractivity contribution in [1.82, 2.24) is 9.88 Å². The summed E-state index contributed by atoms with van der Waals surface area (Å²) in [6, 6.07) is 13.5. The molecule has 1 amide bonds. The molecule has 35 heavy (non-hydrogen) atoms. The van der Waals surface area contributed by atoms with Crippen LogP contribution in [-0.4, -0.2) is 33.3 Å². The fourth-order valence-electron chi connectivity index (χ4n) is 4.34. The highest BCUT2D eigenvalue weighted by Gasteiger charge is 2.47. The van der Waals surface area contributed by atoms with Crippen LogP contribution >= 0.6 is 0 Å². The summed E-state index contributed by atoms with van der Waals surface area (Å²) >= 11 is 0. The third-order valence-corrected chi connectivity index (χ3v) is 6.05. The maximum atomic E-state index is 15.0. The highest BCUT2D eigenvalue weighted by molar-refractivity contribution is 6.46. The number of hydrogen-bond acceptors (Lipinski definition) is 5. The van der Waals surface area contributed by atoms with Crippen molar-refractivity contribution < 1.29 is 23.8 Å². The molecule has 1 N–H and O–H groups in total. The molecule has 180 valence electrons. The normalized spacial score (nSPS) is 17.3. The standard InChI is InChI=1S/C28H27FN2O4/c1-4-35-23-10-9-19(15-21(23)17(2)3)26(32)24-25(20-7-5-6-8-22(20)29)31(28(34)27(24)33)16-18-11-13-30-14-12-18/h5-15,17,25,32H,4,16H2,1-3H3/b26-24+. The molecule has 1 unspecified atom stereocenters. The second-order valence-electron chi connectivity index (χ2n) is 8.64. The number of ketones is 1. The molecule has 2 aromatic carbocycles. The van der Waals surface area contributed by atoms with Gasteiger partial charge in [0.1, 0.15) is 17.3 Å². The SMILES string of the molecule is CCOc1ccc(/C(O)=C2\C(=O)C(=O)N(Cc3ccncc3)C2c2ccccc2F)cc1C(C)C. The summed E-state index contributed by atoms with van der Waals surface area (Å²) in [4.78, 5) is 31.6. The number of aliphatic hydroxyl groups is 1. The van der Waals surface area contributed by atoms with Crippen molar-refractivity contribution in [1.29, 1.82) is 0 Å². The summed E-state index contributed by atoms with van der Waals surface area (Å²) in [7, 11) is 0. The van der Waals surface area contributed by atoms with E-state index in [1.807, 2.05) is 20.8 Å². The fourth-order valence-corrected chi connectivity index (χ4v) is 4.34. The first kappa shape index (κ1) is 24.1. The van der Waals surface area contributed by atoms with E-state index < -0.39 is 23.5 Å². The van der Waals surface area contributed by atoms with Crippen LogP contribution in [0.2, 0.25) is 0 Å². The van der Waals surface area contributed by atoms with Gasteiger partial charge in [-0.05, 0) is 60.4 Å². The maximum absolute atomic E-state index is 15.0. The van der Waals surface area contributed by atoms with Gasteiger partial charge < -0.3 is 14.7 Å². The largest absolute Gasteiger partial charge is 0.507 e. The van der Waals surface area contributed by atoms with Gasteiger partial charge in [0.2, 0.25) is 0 Å². The molecule has 1 atom stereocenters. The van der Waals surface area contributed by atoms with E-state index in [4.69, 9.17) is 4.74 Å². The van der Waals surface area contributed by atoms with Crippen LogP contribution in [0.25, 0.3) is 5.76 Å². The van der Waals surface area contributed by atoms with E-state index >= 15 is 0 Å². The quantitative estimate of drug-likeness (QED) is 0.283. The van der Waals surface area contributed by atoms with Crippen molar-refractivity contribution in [3.63, 3.8) is 0 Å². The molecule has 7 heteroatoms. The van der Waals surface area contributed by atoms with Crippen molar-refractivity contribution in [3.05, 3.63) is 101 Å². The van der Waals surface area contributed by atoms with E-state index in [1.54, 1.807) is 48.8 Å². The molecule has 0 saturated carbocycles. The molecule has 6 nitrogen and oxygen atoms in total. The Morgan fingerprint density at radius 3 is 2.49 bits per heavy atom. The smallest absolute Gasteiger partial charge is 0.295 e. The fraction of sp³-hybridized carbons (Fsp3) is 0.250. The van der Waals surface area contributed by atoms with E-state index in [9.17, 15) is 19.1 Å². The zero-order chi connectivity index (χ0) is 25.1. The molecule has 0 bridgehead atoms. The molecule has 0 aliphatic carbocycles. The van der Waals surface area contributed by atoms with Gasteiger partial charge in [-0.1, -0.05) is 32.0 Å². The van der Waals surface area contributed by atoms with Gasteiger partial charge in [-0.2, -0.15) is 0 Å². The zero-order valence-corrected chi connectivity index (χ0v) is 19.9. The Morgan fingerprint density at radius 2 is 1.83 bits per heavy atom. The van der Waals surface area contributed by atoms with Crippen LogP contribution in [0.1, 0.15) is 55.0 Å². The average Bonchev–Trinajstić information content (AvgIpc) is 3.09. The van der Waals surface area contributed by atoms with E-state index in [0.29, 0.717) is 17.9 Å². The molecule has 2 heterocycles. The van der Waals surface area contributed by atoms with Gasteiger partial charge in [-0.25, -0.2) is 4.39 Å². The number of rotatable bonds is 7. The number of pyridine rings is 1. The number of nitrogens with zero attached hydrogens (tertiary/aromatic N) is 2. The first-order valence-corrected chi connectivity index (χ1v) is 11.5. The predicted molar refractivity (Wildman–Crippen MR) is 130 cm³/mol. The lowest BCUT2D eigenvalue weighted by molar-refractivity contribution is -0.140. The lowest BCUT2D eigenvalue weighted by Crippen LogP contribution is -2.29. The number of hydrogen-bond donors (Lipinski definition) is 1. The minimum absolute atomic E-state index is 0.0589. The summed E-state index contributed by atoms with van der Waals surface area (Å²) in [5, 5.41) is 11.3. The minimum Gasteiger partial charge on any atom is -0.507 e. The Hall–Kier alpha value is -4.00. The number of likely N-dealkylation sites (tertiary alicyclic amines) is 1. The first-order chi connectivity index (χ1) is 16.8. The molecule has 0 spiro atoms. The monoisotopic (exact) mass is 474 g/mol. The molecule has 1 aliphatic heterocycles. The van der Waals surface area contributed by atoms with Crippen LogP contribution in [0.5, 0.6) is 5.75 Å². The second kappa shape index (κ2) is 10.1. The van der Waals surface area contributed by atoms with Crippen LogP contribution in [-0.2, 0) is 16.1 Å².